The molecular weight excluding hydrogens is 260 g/mol. The molecule has 2 aromatic heterocycles. The van der Waals surface area contributed by atoms with Crippen LogP contribution in [0.4, 0.5) is 0 Å². The van der Waals surface area contributed by atoms with E-state index in [1.807, 2.05) is 7.05 Å². The standard InChI is InChI=1S/C12H18N6S/c1-13-12(14-6-5-10-4-3-7-19-10)15-8-11-16-9-17-18(11)2/h3-4,7,9H,5-6,8H2,1-2H3,(H2,13,14,15). The number of rotatable bonds is 5. The second-order valence-electron chi connectivity index (χ2n) is 3.98. The van der Waals surface area contributed by atoms with Crippen molar-refractivity contribution >= 4 is 17.3 Å². The molecule has 2 rings (SSSR count). The maximum absolute atomic E-state index is 4.18. The first-order chi connectivity index (χ1) is 9.29. The normalized spacial score (nSPS) is 11.6. The molecule has 19 heavy (non-hydrogen) atoms. The van der Waals surface area contributed by atoms with Crippen LogP contribution in [0.15, 0.2) is 28.8 Å². The Bertz CT molecular complexity index is 516. The molecule has 0 atom stereocenters. The number of hydrogen-bond acceptors (Lipinski definition) is 4. The Morgan fingerprint density at radius 2 is 2.37 bits per heavy atom. The van der Waals surface area contributed by atoms with E-state index in [-0.39, 0.29) is 0 Å². The van der Waals surface area contributed by atoms with Crippen LogP contribution in [-0.4, -0.2) is 34.3 Å². The van der Waals surface area contributed by atoms with Gasteiger partial charge < -0.3 is 10.6 Å². The summed E-state index contributed by atoms with van der Waals surface area (Å²) in [4.78, 5) is 9.70. The number of guanidine groups is 1. The second-order valence-corrected chi connectivity index (χ2v) is 5.01. The number of hydrogen-bond donors (Lipinski definition) is 2. The van der Waals surface area contributed by atoms with Gasteiger partial charge in [-0.15, -0.1) is 11.3 Å². The molecule has 0 radical (unpaired) electrons. The average molecular weight is 278 g/mol. The zero-order valence-electron chi connectivity index (χ0n) is 11.1. The van der Waals surface area contributed by atoms with Crippen molar-refractivity contribution in [2.45, 2.75) is 13.0 Å². The van der Waals surface area contributed by atoms with Crippen molar-refractivity contribution in [2.75, 3.05) is 13.6 Å². The highest BCUT2D eigenvalue weighted by atomic mass is 32.1. The van der Waals surface area contributed by atoms with E-state index in [4.69, 9.17) is 0 Å². The number of nitrogens with zero attached hydrogens (tertiary/aromatic N) is 4. The van der Waals surface area contributed by atoms with E-state index in [0.29, 0.717) is 6.54 Å². The number of thiophene rings is 1. The van der Waals surface area contributed by atoms with Crippen molar-refractivity contribution in [3.05, 3.63) is 34.5 Å². The van der Waals surface area contributed by atoms with Crippen molar-refractivity contribution in [3.63, 3.8) is 0 Å². The molecule has 0 amide bonds. The first-order valence-corrected chi connectivity index (χ1v) is 6.97. The highest BCUT2D eigenvalue weighted by Crippen LogP contribution is 2.07. The van der Waals surface area contributed by atoms with Crippen molar-refractivity contribution < 1.29 is 0 Å². The summed E-state index contributed by atoms with van der Waals surface area (Å²) >= 11 is 1.77. The summed E-state index contributed by atoms with van der Waals surface area (Å²) < 4.78 is 1.74. The molecule has 0 aromatic carbocycles. The van der Waals surface area contributed by atoms with Crippen molar-refractivity contribution in [1.82, 2.24) is 25.4 Å². The van der Waals surface area contributed by atoms with E-state index in [1.54, 1.807) is 29.4 Å². The molecule has 7 heteroatoms. The lowest BCUT2D eigenvalue weighted by atomic mass is 10.3. The topological polar surface area (TPSA) is 67.1 Å². The summed E-state index contributed by atoms with van der Waals surface area (Å²) in [5, 5.41) is 12.6. The zero-order valence-corrected chi connectivity index (χ0v) is 11.9. The molecular formula is C12H18N6S. The number of aryl methyl sites for hydroxylation is 1. The molecule has 102 valence electrons. The van der Waals surface area contributed by atoms with E-state index in [2.05, 4.69) is 43.2 Å². The lowest BCUT2D eigenvalue weighted by molar-refractivity contribution is 0.672. The molecule has 0 spiro atoms. The number of aliphatic imine (C=N–C) groups is 1. The molecule has 0 aliphatic rings. The van der Waals surface area contributed by atoms with Gasteiger partial charge in [-0.3, -0.25) is 9.67 Å². The SMILES string of the molecule is CN=C(NCCc1cccs1)NCc1ncnn1C. The summed E-state index contributed by atoms with van der Waals surface area (Å²) in [7, 11) is 3.63. The van der Waals surface area contributed by atoms with E-state index in [1.165, 1.54) is 4.88 Å². The minimum absolute atomic E-state index is 0.606. The van der Waals surface area contributed by atoms with Crippen LogP contribution in [0.3, 0.4) is 0 Å². The van der Waals surface area contributed by atoms with Crippen LogP contribution in [0.2, 0.25) is 0 Å². The largest absolute Gasteiger partial charge is 0.356 e. The maximum atomic E-state index is 4.18. The molecule has 0 unspecified atom stereocenters. The van der Waals surface area contributed by atoms with Crippen LogP contribution in [-0.2, 0) is 20.0 Å². The van der Waals surface area contributed by atoms with Crippen LogP contribution in [0.25, 0.3) is 0 Å². The number of nitrogens with one attached hydrogen (secondary N) is 2. The lowest BCUT2D eigenvalue weighted by Gasteiger charge is -2.10. The third-order valence-electron chi connectivity index (χ3n) is 2.69. The fourth-order valence-corrected chi connectivity index (χ4v) is 2.33. The summed E-state index contributed by atoms with van der Waals surface area (Å²) in [5.74, 6) is 1.65. The summed E-state index contributed by atoms with van der Waals surface area (Å²) in [6.07, 6.45) is 2.55. The predicted octanol–water partition coefficient (Wildman–Crippen LogP) is 0.784. The van der Waals surface area contributed by atoms with E-state index >= 15 is 0 Å². The van der Waals surface area contributed by atoms with E-state index in [9.17, 15) is 0 Å². The molecule has 6 nitrogen and oxygen atoms in total. The number of aromatic nitrogens is 3. The van der Waals surface area contributed by atoms with Gasteiger partial charge >= 0.3 is 0 Å². The third kappa shape index (κ3) is 4.06. The first kappa shape index (κ1) is 13.5. The fourth-order valence-electron chi connectivity index (χ4n) is 1.62. The molecule has 0 fully saturated rings. The maximum Gasteiger partial charge on any atom is 0.191 e. The zero-order chi connectivity index (χ0) is 13.5. The molecule has 0 saturated heterocycles. The highest BCUT2D eigenvalue weighted by molar-refractivity contribution is 7.09. The minimum atomic E-state index is 0.606. The Morgan fingerprint density at radius 1 is 1.47 bits per heavy atom. The summed E-state index contributed by atoms with van der Waals surface area (Å²) in [5.41, 5.74) is 0. The Kier molecular flexibility index (Phi) is 4.91. The molecule has 0 aliphatic carbocycles. The van der Waals surface area contributed by atoms with E-state index in [0.717, 1.165) is 24.7 Å². The van der Waals surface area contributed by atoms with Gasteiger partial charge in [0.15, 0.2) is 5.96 Å². The first-order valence-electron chi connectivity index (χ1n) is 6.09. The van der Waals surface area contributed by atoms with Crippen molar-refractivity contribution in [1.29, 1.82) is 0 Å². The Labute approximate surface area is 116 Å². The minimum Gasteiger partial charge on any atom is -0.356 e. The highest BCUT2D eigenvalue weighted by Gasteiger charge is 2.02. The fraction of sp³-hybridized carbons (Fsp3) is 0.417. The van der Waals surface area contributed by atoms with Gasteiger partial charge in [-0.05, 0) is 17.9 Å². The monoisotopic (exact) mass is 278 g/mol. The quantitative estimate of drug-likeness (QED) is 0.627. The van der Waals surface area contributed by atoms with Gasteiger partial charge in [-0.2, -0.15) is 5.10 Å². The summed E-state index contributed by atoms with van der Waals surface area (Å²) in [6, 6.07) is 4.21. The Balaban J connectivity index is 1.73. The Hall–Kier alpha value is -1.89. The van der Waals surface area contributed by atoms with Gasteiger partial charge in [0.05, 0.1) is 6.54 Å². The van der Waals surface area contributed by atoms with E-state index < -0.39 is 0 Å². The molecule has 2 N–H and O–H groups in total. The van der Waals surface area contributed by atoms with Gasteiger partial charge in [0, 0.05) is 25.5 Å². The van der Waals surface area contributed by atoms with Crippen molar-refractivity contribution in [2.24, 2.45) is 12.0 Å². The van der Waals surface area contributed by atoms with Crippen LogP contribution >= 0.6 is 11.3 Å². The van der Waals surface area contributed by atoms with Crippen molar-refractivity contribution in [3.8, 4) is 0 Å². The van der Waals surface area contributed by atoms with Gasteiger partial charge in [0.25, 0.3) is 0 Å². The van der Waals surface area contributed by atoms with Crippen LogP contribution in [0, 0.1) is 0 Å². The van der Waals surface area contributed by atoms with Gasteiger partial charge in [0.2, 0.25) is 0 Å². The van der Waals surface area contributed by atoms with Crippen LogP contribution in [0.1, 0.15) is 10.7 Å². The molecule has 0 aliphatic heterocycles. The molecule has 2 heterocycles. The average Bonchev–Trinajstić information content (AvgIpc) is 3.05. The van der Waals surface area contributed by atoms with Crippen LogP contribution in [0.5, 0.6) is 0 Å². The molecule has 2 aromatic rings. The smallest absolute Gasteiger partial charge is 0.191 e. The van der Waals surface area contributed by atoms with Gasteiger partial charge in [-0.1, -0.05) is 6.07 Å². The lowest BCUT2D eigenvalue weighted by Crippen LogP contribution is -2.38. The third-order valence-corrected chi connectivity index (χ3v) is 3.62. The summed E-state index contributed by atoms with van der Waals surface area (Å²) in [6.45, 7) is 1.47. The molecule has 0 bridgehead atoms. The van der Waals surface area contributed by atoms with Gasteiger partial charge in [-0.25, -0.2) is 4.98 Å². The predicted molar refractivity (Wildman–Crippen MR) is 77.2 cm³/mol. The second kappa shape index (κ2) is 6.89. The molecule has 0 saturated carbocycles. The van der Waals surface area contributed by atoms with Crippen LogP contribution < -0.4 is 10.6 Å². The van der Waals surface area contributed by atoms with Gasteiger partial charge in [0.1, 0.15) is 12.2 Å². The Morgan fingerprint density at radius 3 is 3.00 bits per heavy atom.